The number of methoxy groups -OCH3 is 2. The SMILES string of the molecule is COCCN(CCOC)C(=O)c1cc(Br)cc2c1CC(CNC(=O)OC(C)(C)C)=N2. The zero-order chi connectivity index (χ0) is 22.3. The number of rotatable bonds is 9. The van der Waals surface area contributed by atoms with Crippen LogP contribution in [-0.4, -0.2) is 75.3 Å². The van der Waals surface area contributed by atoms with Crippen LogP contribution in [0.4, 0.5) is 10.5 Å². The molecule has 1 aliphatic heterocycles. The molecule has 0 radical (unpaired) electrons. The number of alkyl carbamates (subject to hydrolysis) is 1. The Hall–Kier alpha value is -1.97. The van der Waals surface area contributed by atoms with Crippen LogP contribution in [0.5, 0.6) is 0 Å². The molecular weight excluding hydrogens is 454 g/mol. The quantitative estimate of drug-likeness (QED) is 0.581. The van der Waals surface area contributed by atoms with Gasteiger partial charge in [0.15, 0.2) is 0 Å². The number of aliphatic imine (C=N–C) groups is 1. The van der Waals surface area contributed by atoms with Crippen molar-refractivity contribution in [2.75, 3.05) is 47.1 Å². The van der Waals surface area contributed by atoms with Crippen LogP contribution in [0.3, 0.4) is 0 Å². The van der Waals surface area contributed by atoms with Gasteiger partial charge in [-0.15, -0.1) is 0 Å². The first-order chi connectivity index (χ1) is 14.1. The minimum Gasteiger partial charge on any atom is -0.444 e. The number of hydrogen-bond acceptors (Lipinski definition) is 6. The molecule has 0 fully saturated rings. The molecule has 1 aromatic rings. The Morgan fingerprint density at radius 3 is 2.37 bits per heavy atom. The van der Waals surface area contributed by atoms with E-state index in [0.29, 0.717) is 38.3 Å². The summed E-state index contributed by atoms with van der Waals surface area (Å²) < 4.78 is 16.3. The lowest BCUT2D eigenvalue weighted by Crippen LogP contribution is -2.37. The van der Waals surface area contributed by atoms with E-state index in [1.54, 1.807) is 19.1 Å². The lowest BCUT2D eigenvalue weighted by molar-refractivity contribution is 0.0535. The Kier molecular flexibility index (Phi) is 8.81. The van der Waals surface area contributed by atoms with Crippen molar-refractivity contribution in [2.24, 2.45) is 4.99 Å². The maximum Gasteiger partial charge on any atom is 0.407 e. The third-order valence-corrected chi connectivity index (χ3v) is 4.79. The molecule has 2 amide bonds. The van der Waals surface area contributed by atoms with Gasteiger partial charge in [0.25, 0.3) is 5.91 Å². The second kappa shape index (κ2) is 10.9. The smallest absolute Gasteiger partial charge is 0.407 e. The van der Waals surface area contributed by atoms with Crippen LogP contribution in [0.25, 0.3) is 0 Å². The van der Waals surface area contributed by atoms with E-state index in [1.165, 1.54) is 0 Å². The molecule has 1 heterocycles. The molecule has 1 aromatic carbocycles. The van der Waals surface area contributed by atoms with E-state index in [0.717, 1.165) is 21.4 Å². The molecule has 1 aliphatic rings. The fourth-order valence-electron chi connectivity index (χ4n) is 2.99. The van der Waals surface area contributed by atoms with Crippen molar-refractivity contribution < 1.29 is 23.8 Å². The van der Waals surface area contributed by atoms with Crippen LogP contribution in [0, 0.1) is 0 Å². The van der Waals surface area contributed by atoms with Crippen LogP contribution in [-0.2, 0) is 20.6 Å². The van der Waals surface area contributed by atoms with Crippen LogP contribution in [0.2, 0.25) is 0 Å². The average molecular weight is 484 g/mol. The van der Waals surface area contributed by atoms with E-state index in [4.69, 9.17) is 14.2 Å². The van der Waals surface area contributed by atoms with Gasteiger partial charge < -0.3 is 24.4 Å². The van der Waals surface area contributed by atoms with Gasteiger partial charge in [-0.1, -0.05) is 15.9 Å². The number of nitrogens with one attached hydrogen (secondary N) is 1. The molecule has 0 atom stereocenters. The van der Waals surface area contributed by atoms with Crippen molar-refractivity contribution in [1.29, 1.82) is 0 Å². The standard InChI is InChI=1S/C21H30BrN3O5/c1-21(2,3)30-20(27)23-13-15-12-16-17(10-14(22)11-18(16)24-15)19(26)25(6-8-28-4)7-9-29-5/h10-11H,6-9,12-13H2,1-5H3,(H,23,27). The minimum atomic E-state index is -0.567. The van der Waals surface area contributed by atoms with Crippen molar-refractivity contribution in [1.82, 2.24) is 10.2 Å². The van der Waals surface area contributed by atoms with Crippen LogP contribution >= 0.6 is 15.9 Å². The third-order valence-electron chi connectivity index (χ3n) is 4.33. The predicted molar refractivity (Wildman–Crippen MR) is 119 cm³/mol. The Morgan fingerprint density at radius 1 is 1.17 bits per heavy atom. The summed E-state index contributed by atoms with van der Waals surface area (Å²) >= 11 is 3.47. The molecular formula is C21H30BrN3O5. The number of benzene rings is 1. The highest BCUT2D eigenvalue weighted by atomic mass is 79.9. The number of ether oxygens (including phenoxy) is 3. The number of amides is 2. The summed E-state index contributed by atoms with van der Waals surface area (Å²) in [7, 11) is 3.21. The summed E-state index contributed by atoms with van der Waals surface area (Å²) in [5.41, 5.74) is 2.37. The van der Waals surface area contributed by atoms with Crippen molar-refractivity contribution in [3.8, 4) is 0 Å². The van der Waals surface area contributed by atoms with E-state index in [9.17, 15) is 9.59 Å². The molecule has 0 bridgehead atoms. The lowest BCUT2D eigenvalue weighted by Gasteiger charge is -2.23. The maximum atomic E-state index is 13.3. The average Bonchev–Trinajstić information content (AvgIpc) is 3.06. The van der Waals surface area contributed by atoms with Crippen molar-refractivity contribution in [2.45, 2.75) is 32.8 Å². The van der Waals surface area contributed by atoms with Crippen molar-refractivity contribution in [3.63, 3.8) is 0 Å². The number of nitrogens with zero attached hydrogens (tertiary/aromatic N) is 2. The van der Waals surface area contributed by atoms with E-state index >= 15 is 0 Å². The highest BCUT2D eigenvalue weighted by Gasteiger charge is 2.26. The lowest BCUT2D eigenvalue weighted by atomic mass is 10.0. The second-order valence-corrected chi connectivity index (χ2v) is 8.85. The number of carbonyl (C=O) groups is 2. The Bertz CT molecular complexity index is 797. The van der Waals surface area contributed by atoms with Gasteiger partial charge >= 0.3 is 6.09 Å². The van der Waals surface area contributed by atoms with Gasteiger partial charge in [-0.2, -0.15) is 0 Å². The fraction of sp³-hybridized carbons (Fsp3) is 0.571. The Labute approximate surface area is 186 Å². The second-order valence-electron chi connectivity index (χ2n) is 7.94. The number of halogens is 1. The molecule has 8 nitrogen and oxygen atoms in total. The zero-order valence-corrected chi connectivity index (χ0v) is 19.8. The molecule has 1 N–H and O–H groups in total. The van der Waals surface area contributed by atoms with Crippen molar-refractivity contribution in [3.05, 3.63) is 27.7 Å². The number of hydrogen-bond donors (Lipinski definition) is 1. The first-order valence-corrected chi connectivity index (χ1v) is 10.6. The molecule has 0 unspecified atom stereocenters. The van der Waals surface area contributed by atoms with Crippen molar-refractivity contribution >= 4 is 39.3 Å². The minimum absolute atomic E-state index is 0.0989. The summed E-state index contributed by atoms with van der Waals surface area (Å²) in [5, 5.41) is 2.73. The van der Waals surface area contributed by atoms with Crippen LogP contribution in [0.15, 0.2) is 21.6 Å². The predicted octanol–water partition coefficient (Wildman–Crippen LogP) is 3.34. The Morgan fingerprint density at radius 2 is 1.80 bits per heavy atom. The number of fused-ring (bicyclic) bond motifs is 1. The van der Waals surface area contributed by atoms with Gasteiger partial charge in [0.2, 0.25) is 0 Å². The normalized spacial score (nSPS) is 12.9. The summed E-state index contributed by atoms with van der Waals surface area (Å²) in [6.45, 7) is 7.49. The topological polar surface area (TPSA) is 89.5 Å². The molecule has 0 spiro atoms. The number of carbonyl (C=O) groups excluding carboxylic acids is 2. The molecule has 0 saturated carbocycles. The summed E-state index contributed by atoms with van der Waals surface area (Å²) in [6.07, 6.45) is -0.00837. The molecule has 0 aromatic heterocycles. The van der Waals surface area contributed by atoms with Gasteiger partial charge in [-0.3, -0.25) is 9.79 Å². The van der Waals surface area contributed by atoms with Gasteiger partial charge in [0, 0.05) is 49.5 Å². The maximum absolute atomic E-state index is 13.3. The summed E-state index contributed by atoms with van der Waals surface area (Å²) in [6, 6.07) is 3.69. The molecule has 166 valence electrons. The first-order valence-electron chi connectivity index (χ1n) is 9.77. The fourth-order valence-corrected chi connectivity index (χ4v) is 3.44. The third kappa shape index (κ3) is 7.07. The zero-order valence-electron chi connectivity index (χ0n) is 18.2. The molecule has 9 heteroatoms. The molecule has 30 heavy (non-hydrogen) atoms. The van der Waals surface area contributed by atoms with Gasteiger partial charge in [0.1, 0.15) is 5.60 Å². The van der Waals surface area contributed by atoms with Gasteiger partial charge in [0.05, 0.1) is 25.4 Å². The van der Waals surface area contributed by atoms with E-state index in [2.05, 4.69) is 26.2 Å². The molecule has 0 aliphatic carbocycles. The first kappa shape index (κ1) is 24.3. The summed E-state index contributed by atoms with van der Waals surface area (Å²) in [4.78, 5) is 31.5. The highest BCUT2D eigenvalue weighted by Crippen LogP contribution is 2.34. The molecule has 2 rings (SSSR count). The van der Waals surface area contributed by atoms with Gasteiger partial charge in [-0.05, 0) is 38.5 Å². The Balaban J connectivity index is 2.14. The highest BCUT2D eigenvalue weighted by molar-refractivity contribution is 9.10. The summed E-state index contributed by atoms with van der Waals surface area (Å²) in [5.74, 6) is -0.0989. The molecule has 0 saturated heterocycles. The van der Waals surface area contributed by atoms with Gasteiger partial charge in [-0.25, -0.2) is 4.79 Å². The van der Waals surface area contributed by atoms with E-state index in [1.807, 2.05) is 32.9 Å². The van der Waals surface area contributed by atoms with E-state index in [-0.39, 0.29) is 12.5 Å². The van der Waals surface area contributed by atoms with Crippen LogP contribution in [0.1, 0.15) is 36.7 Å². The van der Waals surface area contributed by atoms with E-state index < -0.39 is 11.7 Å². The van der Waals surface area contributed by atoms with Crippen LogP contribution < -0.4 is 5.32 Å². The largest absolute Gasteiger partial charge is 0.444 e. The monoisotopic (exact) mass is 483 g/mol.